The van der Waals surface area contributed by atoms with Crippen molar-refractivity contribution in [1.29, 1.82) is 0 Å². The fourth-order valence-electron chi connectivity index (χ4n) is 2.68. The monoisotopic (exact) mass is 328 g/mol. The van der Waals surface area contributed by atoms with Crippen LogP contribution in [0.2, 0.25) is 0 Å². The van der Waals surface area contributed by atoms with Gasteiger partial charge in [0.15, 0.2) is 0 Å². The third-order valence-electron chi connectivity index (χ3n) is 3.91. The van der Waals surface area contributed by atoms with Gasteiger partial charge in [-0.25, -0.2) is 8.70 Å². The van der Waals surface area contributed by atoms with E-state index in [1.807, 2.05) is 24.3 Å². The van der Waals surface area contributed by atoms with Gasteiger partial charge in [0, 0.05) is 29.2 Å². The Hall–Kier alpha value is -1.78. The normalized spacial score (nSPS) is 15.3. The molecule has 1 heterocycles. The van der Waals surface area contributed by atoms with Crippen molar-refractivity contribution in [2.45, 2.75) is 24.2 Å². The third-order valence-corrected chi connectivity index (χ3v) is 5.09. The molecule has 2 aromatic rings. The Morgan fingerprint density at radius 3 is 2.48 bits per heavy atom. The van der Waals surface area contributed by atoms with E-state index in [0.29, 0.717) is 11.3 Å². The number of anilines is 1. The van der Waals surface area contributed by atoms with Crippen molar-refractivity contribution in [2.75, 3.05) is 18.4 Å². The minimum absolute atomic E-state index is 0.258. The van der Waals surface area contributed by atoms with Crippen molar-refractivity contribution in [3.8, 4) is 0 Å². The predicted molar refractivity (Wildman–Crippen MR) is 96.8 cm³/mol. The smallest absolute Gasteiger partial charge is 0.132 e. The van der Waals surface area contributed by atoms with E-state index in [1.54, 1.807) is 24.1 Å². The number of benzene rings is 2. The Morgan fingerprint density at radius 2 is 1.70 bits per heavy atom. The van der Waals surface area contributed by atoms with Gasteiger partial charge in [-0.1, -0.05) is 37.3 Å². The van der Waals surface area contributed by atoms with Crippen LogP contribution in [-0.2, 0) is 0 Å². The Labute approximate surface area is 141 Å². The van der Waals surface area contributed by atoms with Crippen LogP contribution >= 0.6 is 11.9 Å². The molecule has 0 aromatic heterocycles. The number of para-hydroxylation sites is 1. The zero-order chi connectivity index (χ0) is 16.1. The first-order chi connectivity index (χ1) is 11.2. The molecule has 120 valence electrons. The molecular weight excluding hydrogens is 307 g/mol. The van der Waals surface area contributed by atoms with Gasteiger partial charge >= 0.3 is 0 Å². The molecule has 2 aromatic carbocycles. The van der Waals surface area contributed by atoms with E-state index < -0.39 is 0 Å². The summed E-state index contributed by atoms with van der Waals surface area (Å²) in [5.41, 5.74) is 2.05. The van der Waals surface area contributed by atoms with Crippen LogP contribution in [-0.4, -0.2) is 17.4 Å². The van der Waals surface area contributed by atoms with E-state index in [4.69, 9.17) is 0 Å². The molecule has 0 radical (unpaired) electrons. The molecule has 0 atom stereocenters. The molecule has 1 fully saturated rings. The van der Waals surface area contributed by atoms with Crippen molar-refractivity contribution in [1.82, 2.24) is 4.31 Å². The molecule has 4 heteroatoms. The van der Waals surface area contributed by atoms with Crippen LogP contribution < -0.4 is 5.32 Å². The number of halogens is 1. The molecule has 0 aliphatic carbocycles. The molecule has 2 nitrogen and oxygen atoms in total. The van der Waals surface area contributed by atoms with E-state index in [-0.39, 0.29) is 5.82 Å². The lowest BCUT2D eigenvalue weighted by atomic mass is 10.1. The maximum atomic E-state index is 13.9. The summed E-state index contributed by atoms with van der Waals surface area (Å²) in [6.07, 6.45) is 3.83. The molecule has 1 saturated heterocycles. The van der Waals surface area contributed by atoms with Crippen molar-refractivity contribution in [3.63, 3.8) is 0 Å². The Morgan fingerprint density at radius 1 is 1.00 bits per heavy atom. The molecule has 23 heavy (non-hydrogen) atoms. The molecule has 3 rings (SSSR count). The minimum atomic E-state index is -0.258. The Balaban J connectivity index is 1.75. The molecule has 0 unspecified atom stereocenters. The molecule has 1 N–H and O–H groups in total. The Bertz CT molecular complexity index is 681. The highest BCUT2D eigenvalue weighted by Crippen LogP contribution is 2.33. The zero-order valence-corrected chi connectivity index (χ0v) is 13.9. The van der Waals surface area contributed by atoms with Gasteiger partial charge in [-0.05, 0) is 49.1 Å². The van der Waals surface area contributed by atoms with E-state index in [9.17, 15) is 4.39 Å². The van der Waals surface area contributed by atoms with Gasteiger partial charge in [-0.3, -0.25) is 0 Å². The quantitative estimate of drug-likeness (QED) is 0.740. The number of hydrogen-bond donors (Lipinski definition) is 1. The average molecular weight is 328 g/mol. The summed E-state index contributed by atoms with van der Waals surface area (Å²) in [6, 6.07) is 14.8. The van der Waals surface area contributed by atoms with Crippen molar-refractivity contribution in [2.24, 2.45) is 0 Å². The summed E-state index contributed by atoms with van der Waals surface area (Å²) < 4.78 is 16.3. The summed E-state index contributed by atoms with van der Waals surface area (Å²) in [5.74, 6) is -0.258. The van der Waals surface area contributed by atoms with Gasteiger partial charge < -0.3 is 5.32 Å². The molecule has 1 aliphatic rings. The molecular formula is C19H21FN2S. The first-order valence-electron chi connectivity index (χ1n) is 7.97. The maximum Gasteiger partial charge on any atom is 0.132 e. The number of hydrogen-bond acceptors (Lipinski definition) is 3. The SMILES string of the molecule is C=C(Nc1ccccc1SN1CCCCC1)c1ccccc1F. The summed E-state index contributed by atoms with van der Waals surface area (Å²) in [6.45, 7) is 6.23. The summed E-state index contributed by atoms with van der Waals surface area (Å²) in [5, 5.41) is 3.28. The first kappa shape index (κ1) is 16.1. The largest absolute Gasteiger partial charge is 0.354 e. The van der Waals surface area contributed by atoms with Crippen molar-refractivity contribution in [3.05, 3.63) is 66.5 Å². The molecule has 0 saturated carbocycles. The minimum Gasteiger partial charge on any atom is -0.354 e. The van der Waals surface area contributed by atoms with E-state index in [2.05, 4.69) is 22.3 Å². The van der Waals surface area contributed by atoms with E-state index in [0.717, 1.165) is 23.7 Å². The van der Waals surface area contributed by atoms with Crippen molar-refractivity contribution >= 4 is 23.3 Å². The number of nitrogens with one attached hydrogen (secondary N) is 1. The molecule has 1 aliphatic heterocycles. The van der Waals surface area contributed by atoms with Gasteiger partial charge in [0.2, 0.25) is 0 Å². The first-order valence-corrected chi connectivity index (χ1v) is 8.74. The Kier molecular flexibility index (Phi) is 5.36. The van der Waals surface area contributed by atoms with Crippen molar-refractivity contribution < 1.29 is 4.39 Å². The lowest BCUT2D eigenvalue weighted by Gasteiger charge is -2.26. The molecule has 0 bridgehead atoms. The van der Waals surface area contributed by atoms with E-state index >= 15 is 0 Å². The summed E-state index contributed by atoms with van der Waals surface area (Å²) in [4.78, 5) is 1.15. The predicted octanol–water partition coefficient (Wildman–Crippen LogP) is 5.40. The number of rotatable bonds is 5. The topological polar surface area (TPSA) is 15.3 Å². The van der Waals surface area contributed by atoms with Crippen LogP contribution in [0.4, 0.5) is 10.1 Å². The van der Waals surface area contributed by atoms with Crippen LogP contribution in [0.3, 0.4) is 0 Å². The van der Waals surface area contributed by atoms with Gasteiger partial charge in [-0.2, -0.15) is 0 Å². The van der Waals surface area contributed by atoms with E-state index in [1.165, 1.54) is 25.3 Å². The summed E-state index contributed by atoms with van der Waals surface area (Å²) in [7, 11) is 0. The van der Waals surface area contributed by atoms with Gasteiger partial charge in [0.25, 0.3) is 0 Å². The number of piperidine rings is 1. The number of nitrogens with zero attached hydrogens (tertiary/aromatic N) is 1. The highest BCUT2D eigenvalue weighted by molar-refractivity contribution is 7.97. The zero-order valence-electron chi connectivity index (χ0n) is 13.1. The highest BCUT2D eigenvalue weighted by atomic mass is 32.2. The van der Waals surface area contributed by atoms with Crippen LogP contribution in [0.1, 0.15) is 24.8 Å². The second kappa shape index (κ2) is 7.66. The van der Waals surface area contributed by atoms with Gasteiger partial charge in [0.1, 0.15) is 5.82 Å². The fraction of sp³-hybridized carbons (Fsp3) is 0.263. The van der Waals surface area contributed by atoms with Crippen LogP contribution in [0.15, 0.2) is 60.0 Å². The maximum absolute atomic E-state index is 13.9. The lowest BCUT2D eigenvalue weighted by molar-refractivity contribution is 0.380. The van der Waals surface area contributed by atoms with Gasteiger partial charge in [-0.15, -0.1) is 0 Å². The standard InChI is InChI=1S/C19H21FN2S/c1-15(16-9-3-4-10-17(16)20)21-18-11-5-6-12-19(18)23-22-13-7-2-8-14-22/h3-6,9-12,21H,1-2,7-8,13-14H2. The second-order valence-electron chi connectivity index (χ2n) is 5.66. The highest BCUT2D eigenvalue weighted by Gasteiger charge is 2.14. The average Bonchev–Trinajstić information content (AvgIpc) is 2.58. The third kappa shape index (κ3) is 4.15. The molecule has 0 amide bonds. The second-order valence-corrected chi connectivity index (χ2v) is 6.80. The van der Waals surface area contributed by atoms with Crippen LogP contribution in [0.5, 0.6) is 0 Å². The van der Waals surface area contributed by atoms with Crippen LogP contribution in [0.25, 0.3) is 5.70 Å². The summed E-state index contributed by atoms with van der Waals surface area (Å²) >= 11 is 1.77. The van der Waals surface area contributed by atoms with Gasteiger partial charge in [0.05, 0.1) is 5.69 Å². The molecule has 0 spiro atoms. The fourth-order valence-corrected chi connectivity index (χ4v) is 3.76. The lowest BCUT2D eigenvalue weighted by Crippen LogP contribution is -2.22. The van der Waals surface area contributed by atoms with Crippen LogP contribution in [0, 0.1) is 5.82 Å².